The quantitative estimate of drug-likeness (QED) is 0.850. The van der Waals surface area contributed by atoms with E-state index in [4.69, 9.17) is 16.3 Å². The molecule has 2 aromatic rings. The van der Waals surface area contributed by atoms with Gasteiger partial charge in [-0.1, -0.05) is 42.3 Å². The molecule has 0 fully saturated rings. The van der Waals surface area contributed by atoms with Gasteiger partial charge >= 0.3 is 0 Å². The van der Waals surface area contributed by atoms with E-state index < -0.39 is 0 Å². The molecule has 0 radical (unpaired) electrons. The highest BCUT2D eigenvalue weighted by atomic mass is 35.5. The van der Waals surface area contributed by atoms with Crippen molar-refractivity contribution in [2.45, 2.75) is 27.0 Å². The van der Waals surface area contributed by atoms with Crippen molar-refractivity contribution < 1.29 is 9.13 Å². The van der Waals surface area contributed by atoms with Gasteiger partial charge in [0.25, 0.3) is 0 Å². The second-order valence-electron chi connectivity index (χ2n) is 4.88. The first-order valence-electron chi connectivity index (χ1n) is 6.97. The predicted octanol–water partition coefficient (Wildman–Crippen LogP) is 4.48. The van der Waals surface area contributed by atoms with E-state index in [1.165, 1.54) is 11.6 Å². The Balaban J connectivity index is 2.16. The lowest BCUT2D eigenvalue weighted by Crippen LogP contribution is -2.13. The van der Waals surface area contributed by atoms with E-state index in [1.54, 1.807) is 12.1 Å². The molecule has 0 spiro atoms. The zero-order chi connectivity index (χ0) is 15.2. The molecule has 0 heterocycles. The number of hydrogen-bond acceptors (Lipinski definition) is 2. The summed E-state index contributed by atoms with van der Waals surface area (Å²) in [6.07, 6.45) is 0. The molecule has 1 N–H and O–H groups in total. The van der Waals surface area contributed by atoms with Crippen LogP contribution in [0.15, 0.2) is 36.4 Å². The maximum Gasteiger partial charge on any atom is 0.131 e. The van der Waals surface area contributed by atoms with Crippen LogP contribution < -0.4 is 10.1 Å². The monoisotopic (exact) mass is 307 g/mol. The highest BCUT2D eigenvalue weighted by Gasteiger charge is 2.09. The van der Waals surface area contributed by atoms with E-state index in [-0.39, 0.29) is 12.4 Å². The third-order valence-corrected chi connectivity index (χ3v) is 3.57. The Hall–Kier alpha value is -1.58. The lowest BCUT2D eigenvalue weighted by molar-refractivity contribution is 0.296. The van der Waals surface area contributed by atoms with Gasteiger partial charge in [0, 0.05) is 17.7 Å². The Morgan fingerprint density at radius 3 is 2.76 bits per heavy atom. The maximum atomic E-state index is 13.7. The molecule has 0 saturated heterocycles. The zero-order valence-corrected chi connectivity index (χ0v) is 13.0. The molecule has 0 aliphatic carbocycles. The lowest BCUT2D eigenvalue weighted by Gasteiger charge is -2.14. The fraction of sp³-hybridized carbons (Fsp3) is 0.294. The first kappa shape index (κ1) is 15.8. The first-order valence-corrected chi connectivity index (χ1v) is 7.35. The van der Waals surface area contributed by atoms with Gasteiger partial charge in [-0.05, 0) is 31.7 Å². The van der Waals surface area contributed by atoms with Crippen LogP contribution in [0.3, 0.4) is 0 Å². The minimum absolute atomic E-state index is 0.119. The molecular formula is C17H19ClFNO. The fourth-order valence-electron chi connectivity index (χ4n) is 2.07. The second kappa shape index (κ2) is 7.43. The molecular weight excluding hydrogens is 289 g/mol. The van der Waals surface area contributed by atoms with Crippen LogP contribution in [0.5, 0.6) is 5.75 Å². The Kier molecular flexibility index (Phi) is 5.59. The minimum atomic E-state index is -0.345. The van der Waals surface area contributed by atoms with Crippen molar-refractivity contribution >= 4 is 11.6 Å². The Morgan fingerprint density at radius 1 is 1.24 bits per heavy atom. The van der Waals surface area contributed by atoms with Crippen LogP contribution in [0, 0.1) is 12.7 Å². The Morgan fingerprint density at radius 2 is 2.05 bits per heavy atom. The van der Waals surface area contributed by atoms with E-state index in [0.29, 0.717) is 10.6 Å². The summed E-state index contributed by atoms with van der Waals surface area (Å²) in [6, 6.07) is 10.6. The smallest absolute Gasteiger partial charge is 0.131 e. The molecule has 0 aliphatic rings. The molecule has 0 atom stereocenters. The van der Waals surface area contributed by atoms with E-state index in [2.05, 4.69) is 18.3 Å². The van der Waals surface area contributed by atoms with Crippen LogP contribution in [0.2, 0.25) is 5.02 Å². The summed E-state index contributed by atoms with van der Waals surface area (Å²) in [7, 11) is 0. The average Bonchev–Trinajstić information content (AvgIpc) is 2.46. The van der Waals surface area contributed by atoms with Gasteiger partial charge in [-0.15, -0.1) is 0 Å². The molecule has 2 nitrogen and oxygen atoms in total. The summed E-state index contributed by atoms with van der Waals surface area (Å²) in [5.41, 5.74) is 2.61. The lowest BCUT2D eigenvalue weighted by atomic mass is 10.1. The summed E-state index contributed by atoms with van der Waals surface area (Å²) in [4.78, 5) is 0. The summed E-state index contributed by atoms with van der Waals surface area (Å²) in [5.74, 6) is 0.406. The van der Waals surface area contributed by atoms with E-state index in [0.717, 1.165) is 24.4 Å². The molecule has 0 bridgehead atoms. The van der Waals surface area contributed by atoms with Crippen LogP contribution in [-0.2, 0) is 13.2 Å². The molecule has 0 amide bonds. The summed E-state index contributed by atoms with van der Waals surface area (Å²) >= 11 is 6.01. The van der Waals surface area contributed by atoms with Crippen molar-refractivity contribution in [2.24, 2.45) is 0 Å². The minimum Gasteiger partial charge on any atom is -0.488 e. The second-order valence-corrected chi connectivity index (χ2v) is 5.29. The third kappa shape index (κ3) is 4.19. The van der Waals surface area contributed by atoms with Gasteiger partial charge < -0.3 is 10.1 Å². The van der Waals surface area contributed by atoms with Gasteiger partial charge in [0.1, 0.15) is 18.2 Å². The zero-order valence-electron chi connectivity index (χ0n) is 12.2. The van der Waals surface area contributed by atoms with Gasteiger partial charge in [-0.25, -0.2) is 4.39 Å². The molecule has 2 aromatic carbocycles. The Bertz CT molecular complexity index is 595. The average molecular weight is 308 g/mol. The molecule has 112 valence electrons. The number of rotatable bonds is 6. The predicted molar refractivity (Wildman–Crippen MR) is 84.3 cm³/mol. The molecule has 4 heteroatoms. The number of hydrogen-bond donors (Lipinski definition) is 1. The van der Waals surface area contributed by atoms with Gasteiger partial charge in [0.15, 0.2) is 0 Å². The summed E-state index contributed by atoms with van der Waals surface area (Å²) in [6.45, 7) is 5.81. The summed E-state index contributed by atoms with van der Waals surface area (Å²) < 4.78 is 19.5. The summed E-state index contributed by atoms with van der Waals surface area (Å²) in [5, 5.41) is 3.66. The van der Waals surface area contributed by atoms with Gasteiger partial charge in [0.2, 0.25) is 0 Å². The van der Waals surface area contributed by atoms with Crippen LogP contribution >= 0.6 is 11.6 Å². The molecule has 0 aliphatic heterocycles. The van der Waals surface area contributed by atoms with Crippen LogP contribution in [0.4, 0.5) is 4.39 Å². The number of halogens is 2. The third-order valence-electron chi connectivity index (χ3n) is 3.22. The highest BCUT2D eigenvalue weighted by Crippen LogP contribution is 2.24. The van der Waals surface area contributed by atoms with E-state index in [9.17, 15) is 4.39 Å². The van der Waals surface area contributed by atoms with Gasteiger partial charge in [0.05, 0.1) is 5.02 Å². The number of benzene rings is 2. The number of aryl methyl sites for hydroxylation is 1. The maximum absolute atomic E-state index is 13.7. The number of ether oxygens (including phenoxy) is 1. The topological polar surface area (TPSA) is 21.3 Å². The number of nitrogens with one attached hydrogen (secondary N) is 1. The highest BCUT2D eigenvalue weighted by molar-refractivity contribution is 6.31. The van der Waals surface area contributed by atoms with Crippen molar-refractivity contribution in [2.75, 3.05) is 6.54 Å². The van der Waals surface area contributed by atoms with Crippen molar-refractivity contribution in [3.63, 3.8) is 0 Å². The van der Waals surface area contributed by atoms with Crippen LogP contribution in [-0.4, -0.2) is 6.54 Å². The molecule has 0 aromatic heterocycles. The van der Waals surface area contributed by atoms with E-state index >= 15 is 0 Å². The van der Waals surface area contributed by atoms with Crippen LogP contribution in [0.25, 0.3) is 0 Å². The first-order chi connectivity index (χ1) is 10.1. The SMILES string of the molecule is CCNCc1cc(C)ccc1OCc1c(F)cccc1Cl. The molecule has 0 unspecified atom stereocenters. The van der Waals surface area contributed by atoms with Gasteiger partial charge in [-0.3, -0.25) is 0 Å². The van der Waals surface area contributed by atoms with Crippen molar-refractivity contribution in [3.8, 4) is 5.75 Å². The van der Waals surface area contributed by atoms with Crippen molar-refractivity contribution in [1.29, 1.82) is 0 Å². The molecule has 0 saturated carbocycles. The van der Waals surface area contributed by atoms with E-state index in [1.807, 2.05) is 19.1 Å². The molecule has 2 rings (SSSR count). The molecule has 21 heavy (non-hydrogen) atoms. The fourth-order valence-corrected chi connectivity index (χ4v) is 2.28. The van der Waals surface area contributed by atoms with Crippen molar-refractivity contribution in [1.82, 2.24) is 5.32 Å². The Labute approximate surface area is 129 Å². The van der Waals surface area contributed by atoms with Crippen molar-refractivity contribution in [3.05, 3.63) is 63.9 Å². The van der Waals surface area contributed by atoms with Gasteiger partial charge in [-0.2, -0.15) is 0 Å². The van der Waals surface area contributed by atoms with Crippen LogP contribution in [0.1, 0.15) is 23.6 Å². The normalized spacial score (nSPS) is 10.7. The standard InChI is InChI=1S/C17H19ClFNO/c1-3-20-10-13-9-12(2)7-8-17(13)21-11-14-15(18)5-4-6-16(14)19/h4-9,20H,3,10-11H2,1-2H3. The largest absolute Gasteiger partial charge is 0.488 e.